The Labute approximate surface area is 158 Å². The number of carbonyl (C=O) groups excluding carboxylic acids is 3. The smallest absolute Gasteiger partial charge is 0.337 e. The van der Waals surface area contributed by atoms with Crippen molar-refractivity contribution < 1.29 is 23.9 Å². The highest BCUT2D eigenvalue weighted by Gasteiger charge is 2.13. The minimum atomic E-state index is -0.476. The zero-order valence-corrected chi connectivity index (χ0v) is 15.7. The number of hydrogen-bond donors (Lipinski definition) is 1. The van der Waals surface area contributed by atoms with Crippen molar-refractivity contribution in [3.05, 3.63) is 59.2 Å². The van der Waals surface area contributed by atoms with Crippen molar-refractivity contribution in [2.24, 2.45) is 0 Å². The number of ether oxygens (including phenoxy) is 2. The molecule has 6 nitrogen and oxygen atoms in total. The van der Waals surface area contributed by atoms with E-state index in [-0.39, 0.29) is 24.5 Å². The molecule has 0 saturated heterocycles. The average molecular weight is 369 g/mol. The van der Waals surface area contributed by atoms with Crippen LogP contribution in [0.1, 0.15) is 46.0 Å². The number of Topliss-reactive ketones (excluding diaryl/α,β-unsaturated/α-hetero) is 1. The fourth-order valence-electron chi connectivity index (χ4n) is 2.49. The van der Waals surface area contributed by atoms with E-state index in [9.17, 15) is 14.4 Å². The molecule has 0 radical (unpaired) electrons. The number of carbonyl (C=O) groups is 3. The Balaban J connectivity index is 1.94. The van der Waals surface area contributed by atoms with Crippen LogP contribution in [-0.4, -0.2) is 31.4 Å². The second-order valence-electron chi connectivity index (χ2n) is 5.95. The number of rotatable bonds is 8. The Morgan fingerprint density at radius 3 is 2.26 bits per heavy atom. The van der Waals surface area contributed by atoms with E-state index < -0.39 is 5.97 Å². The lowest BCUT2D eigenvalue weighted by molar-refractivity contribution is -0.116. The number of esters is 1. The fraction of sp³-hybridized carbons (Fsp3) is 0.286. The molecule has 1 N–H and O–H groups in total. The van der Waals surface area contributed by atoms with Gasteiger partial charge in [-0.1, -0.05) is 6.07 Å². The summed E-state index contributed by atoms with van der Waals surface area (Å²) in [4.78, 5) is 36.0. The molecule has 1 amide bonds. The van der Waals surface area contributed by atoms with Gasteiger partial charge in [0, 0.05) is 24.1 Å². The van der Waals surface area contributed by atoms with Crippen LogP contribution in [0.4, 0.5) is 5.69 Å². The summed E-state index contributed by atoms with van der Waals surface area (Å²) in [5.41, 5.74) is 2.23. The molecule has 0 saturated carbocycles. The van der Waals surface area contributed by atoms with Gasteiger partial charge in [0.2, 0.25) is 5.91 Å². The third-order valence-corrected chi connectivity index (χ3v) is 4.00. The van der Waals surface area contributed by atoms with Crippen LogP contribution in [0.5, 0.6) is 5.75 Å². The summed E-state index contributed by atoms with van der Waals surface area (Å²) >= 11 is 0. The van der Waals surface area contributed by atoms with Crippen molar-refractivity contribution in [2.75, 3.05) is 19.0 Å². The first-order valence-electron chi connectivity index (χ1n) is 8.69. The van der Waals surface area contributed by atoms with Gasteiger partial charge in [-0.3, -0.25) is 9.59 Å². The Hall–Kier alpha value is -3.15. The second kappa shape index (κ2) is 9.52. The Morgan fingerprint density at radius 2 is 1.63 bits per heavy atom. The summed E-state index contributed by atoms with van der Waals surface area (Å²) in [7, 11) is 1.30. The van der Waals surface area contributed by atoms with Crippen molar-refractivity contribution in [3.63, 3.8) is 0 Å². The molecule has 2 rings (SSSR count). The summed E-state index contributed by atoms with van der Waals surface area (Å²) < 4.78 is 10.0. The molecule has 6 heteroatoms. The van der Waals surface area contributed by atoms with Crippen molar-refractivity contribution in [3.8, 4) is 5.75 Å². The SMILES string of the molecule is CCOc1ccc(C(=O)CCC(=O)Nc2cc(C(=O)OC)ccc2C)cc1. The highest BCUT2D eigenvalue weighted by atomic mass is 16.5. The first kappa shape index (κ1) is 20.2. The van der Waals surface area contributed by atoms with Gasteiger partial charge in [-0.05, 0) is 55.8 Å². The van der Waals surface area contributed by atoms with Gasteiger partial charge in [0.15, 0.2) is 5.78 Å². The Morgan fingerprint density at radius 1 is 0.963 bits per heavy atom. The maximum atomic E-state index is 12.2. The van der Waals surface area contributed by atoms with Gasteiger partial charge in [-0.25, -0.2) is 4.79 Å². The van der Waals surface area contributed by atoms with E-state index in [4.69, 9.17) is 4.74 Å². The highest BCUT2D eigenvalue weighted by molar-refractivity contribution is 6.00. The van der Waals surface area contributed by atoms with Gasteiger partial charge < -0.3 is 14.8 Å². The Kier molecular flexibility index (Phi) is 7.11. The van der Waals surface area contributed by atoms with Gasteiger partial charge in [0.05, 0.1) is 19.3 Å². The molecule has 0 bridgehead atoms. The summed E-state index contributed by atoms with van der Waals surface area (Å²) in [6, 6.07) is 11.8. The van der Waals surface area contributed by atoms with Crippen LogP contribution in [0.2, 0.25) is 0 Å². The second-order valence-corrected chi connectivity index (χ2v) is 5.95. The summed E-state index contributed by atoms with van der Waals surface area (Å²) in [5.74, 6) is -0.184. The number of amides is 1. The van der Waals surface area contributed by atoms with E-state index in [1.54, 1.807) is 42.5 Å². The van der Waals surface area contributed by atoms with Gasteiger partial charge in [0.1, 0.15) is 5.75 Å². The standard InChI is InChI=1S/C21H23NO5/c1-4-27-17-9-7-15(8-10-17)19(23)11-12-20(24)22-18-13-16(21(25)26-3)6-5-14(18)2/h5-10,13H,4,11-12H2,1-3H3,(H,22,24). The van der Waals surface area contributed by atoms with Crippen molar-refractivity contribution in [1.82, 2.24) is 0 Å². The maximum Gasteiger partial charge on any atom is 0.337 e. The number of hydrogen-bond acceptors (Lipinski definition) is 5. The zero-order valence-electron chi connectivity index (χ0n) is 15.7. The molecule has 0 unspecified atom stereocenters. The van der Waals surface area contributed by atoms with Crippen LogP contribution < -0.4 is 10.1 Å². The first-order chi connectivity index (χ1) is 12.9. The molecule has 27 heavy (non-hydrogen) atoms. The highest BCUT2D eigenvalue weighted by Crippen LogP contribution is 2.19. The third kappa shape index (κ3) is 5.67. The largest absolute Gasteiger partial charge is 0.494 e. The van der Waals surface area contributed by atoms with Crippen molar-refractivity contribution in [2.45, 2.75) is 26.7 Å². The topological polar surface area (TPSA) is 81.7 Å². The monoisotopic (exact) mass is 369 g/mol. The number of benzene rings is 2. The van der Waals surface area contributed by atoms with E-state index in [2.05, 4.69) is 10.1 Å². The predicted octanol–water partition coefficient (Wildman–Crippen LogP) is 3.78. The lowest BCUT2D eigenvalue weighted by Crippen LogP contribution is -2.15. The van der Waals surface area contributed by atoms with Crippen molar-refractivity contribution in [1.29, 1.82) is 0 Å². The number of methoxy groups -OCH3 is 1. The van der Waals surface area contributed by atoms with Crippen molar-refractivity contribution >= 4 is 23.3 Å². The maximum absolute atomic E-state index is 12.2. The number of nitrogens with one attached hydrogen (secondary N) is 1. The molecule has 0 fully saturated rings. The fourth-order valence-corrected chi connectivity index (χ4v) is 2.49. The third-order valence-electron chi connectivity index (χ3n) is 4.00. The van der Waals surface area contributed by atoms with Crippen LogP contribution in [0.3, 0.4) is 0 Å². The van der Waals surface area contributed by atoms with E-state index in [1.807, 2.05) is 13.8 Å². The molecule has 2 aromatic rings. The molecule has 2 aromatic carbocycles. The minimum Gasteiger partial charge on any atom is -0.494 e. The lowest BCUT2D eigenvalue weighted by atomic mass is 10.1. The van der Waals surface area contributed by atoms with E-state index >= 15 is 0 Å². The van der Waals surface area contributed by atoms with Crippen LogP contribution in [0, 0.1) is 6.92 Å². The van der Waals surface area contributed by atoms with Crippen LogP contribution in [0.25, 0.3) is 0 Å². The lowest BCUT2D eigenvalue weighted by Gasteiger charge is -2.10. The average Bonchev–Trinajstić information content (AvgIpc) is 2.68. The molecule has 0 spiro atoms. The normalized spacial score (nSPS) is 10.2. The summed E-state index contributed by atoms with van der Waals surface area (Å²) in [6.45, 7) is 4.27. The molecule has 142 valence electrons. The molecular weight excluding hydrogens is 346 g/mol. The van der Waals surface area contributed by atoms with Gasteiger partial charge in [0.25, 0.3) is 0 Å². The minimum absolute atomic E-state index is 0.0495. The van der Waals surface area contributed by atoms with Crippen LogP contribution in [-0.2, 0) is 9.53 Å². The van der Waals surface area contributed by atoms with Crippen LogP contribution in [0.15, 0.2) is 42.5 Å². The first-order valence-corrected chi connectivity index (χ1v) is 8.69. The van der Waals surface area contributed by atoms with Crippen LogP contribution >= 0.6 is 0 Å². The Bertz CT molecular complexity index is 827. The van der Waals surface area contributed by atoms with Gasteiger partial charge >= 0.3 is 5.97 Å². The van der Waals surface area contributed by atoms with E-state index in [1.165, 1.54) is 7.11 Å². The number of aryl methyl sites for hydroxylation is 1. The van der Waals surface area contributed by atoms with Gasteiger partial charge in [-0.15, -0.1) is 0 Å². The molecule has 0 aliphatic heterocycles. The zero-order chi connectivity index (χ0) is 19.8. The number of anilines is 1. The predicted molar refractivity (Wildman–Crippen MR) is 102 cm³/mol. The molecule has 0 aliphatic carbocycles. The van der Waals surface area contributed by atoms with Gasteiger partial charge in [-0.2, -0.15) is 0 Å². The van der Waals surface area contributed by atoms with E-state index in [0.29, 0.717) is 29.2 Å². The number of ketones is 1. The summed E-state index contributed by atoms with van der Waals surface area (Å²) in [6.07, 6.45) is 0.142. The molecule has 0 heterocycles. The molecule has 0 aliphatic rings. The summed E-state index contributed by atoms with van der Waals surface area (Å²) in [5, 5.41) is 2.74. The molecule has 0 aromatic heterocycles. The molecular formula is C21H23NO5. The quantitative estimate of drug-likeness (QED) is 0.566. The van der Waals surface area contributed by atoms with E-state index in [0.717, 1.165) is 5.56 Å². The molecule has 0 atom stereocenters.